The average Bonchev–Trinajstić information content (AvgIpc) is 2.80. The number of aryl methyl sites for hydroxylation is 1. The third kappa shape index (κ3) is 2.27. The zero-order chi connectivity index (χ0) is 13.5. The van der Waals surface area contributed by atoms with Crippen molar-refractivity contribution in [1.29, 1.82) is 0 Å². The van der Waals surface area contributed by atoms with E-state index in [1.807, 2.05) is 13.2 Å². The highest BCUT2D eigenvalue weighted by atomic mass is 16.4. The van der Waals surface area contributed by atoms with Gasteiger partial charge in [-0.05, 0) is 5.56 Å². The van der Waals surface area contributed by atoms with Gasteiger partial charge in [0.05, 0.1) is 11.6 Å². The molecule has 1 aliphatic heterocycles. The zero-order valence-corrected chi connectivity index (χ0v) is 11.4. The second-order valence-electron chi connectivity index (χ2n) is 6.07. The molecule has 1 aliphatic rings. The molecule has 2 rings (SSSR count). The number of carboxylic acids is 1. The number of aliphatic carboxylic acids is 1. The molecule has 5 heteroatoms. The minimum Gasteiger partial charge on any atom is -0.481 e. The minimum atomic E-state index is -0.728. The molecule has 5 nitrogen and oxygen atoms in total. The van der Waals surface area contributed by atoms with E-state index in [0.717, 1.165) is 11.3 Å². The van der Waals surface area contributed by atoms with Gasteiger partial charge in [-0.25, -0.2) is 0 Å². The molecule has 0 spiro atoms. The van der Waals surface area contributed by atoms with Crippen molar-refractivity contribution in [3.05, 3.63) is 17.5 Å². The van der Waals surface area contributed by atoms with E-state index in [4.69, 9.17) is 0 Å². The van der Waals surface area contributed by atoms with E-state index in [2.05, 4.69) is 31.2 Å². The summed E-state index contributed by atoms with van der Waals surface area (Å²) in [4.78, 5) is 11.3. The number of rotatable bonds is 2. The molecule has 0 saturated carbocycles. The Hall–Kier alpha value is -1.36. The van der Waals surface area contributed by atoms with Crippen molar-refractivity contribution in [2.45, 2.75) is 32.1 Å². The molecule has 0 aromatic carbocycles. The molecule has 0 amide bonds. The van der Waals surface area contributed by atoms with Gasteiger partial charge in [0.15, 0.2) is 0 Å². The first-order valence-corrected chi connectivity index (χ1v) is 6.28. The maximum Gasteiger partial charge on any atom is 0.308 e. The molecule has 1 aromatic heterocycles. The van der Waals surface area contributed by atoms with Gasteiger partial charge >= 0.3 is 5.97 Å². The fourth-order valence-electron chi connectivity index (χ4n) is 2.63. The number of nitrogens with one attached hydrogen (secondary N) is 1. The van der Waals surface area contributed by atoms with E-state index < -0.39 is 5.97 Å². The van der Waals surface area contributed by atoms with Crippen molar-refractivity contribution >= 4 is 5.97 Å². The standard InChI is InChI=1S/C13H21N3O2/c1-13(2,3)11-10(7-16(4)15-11)8-5-14-6-9(8)12(17)18/h7-9,14H,5-6H2,1-4H3,(H,17,18). The number of carboxylic acid groups (broad SMARTS) is 1. The highest BCUT2D eigenvalue weighted by molar-refractivity contribution is 5.72. The van der Waals surface area contributed by atoms with Crippen LogP contribution in [-0.4, -0.2) is 33.9 Å². The van der Waals surface area contributed by atoms with E-state index in [0.29, 0.717) is 13.1 Å². The van der Waals surface area contributed by atoms with E-state index in [1.54, 1.807) is 4.68 Å². The van der Waals surface area contributed by atoms with E-state index in [1.165, 1.54) is 0 Å². The summed E-state index contributed by atoms with van der Waals surface area (Å²) in [6, 6.07) is 0. The molecular weight excluding hydrogens is 230 g/mol. The fourth-order valence-corrected chi connectivity index (χ4v) is 2.63. The molecule has 1 fully saturated rings. The van der Waals surface area contributed by atoms with Crippen LogP contribution in [0.5, 0.6) is 0 Å². The van der Waals surface area contributed by atoms with Crippen LogP contribution >= 0.6 is 0 Å². The van der Waals surface area contributed by atoms with Gasteiger partial charge in [0.2, 0.25) is 0 Å². The lowest BCUT2D eigenvalue weighted by Crippen LogP contribution is -2.23. The van der Waals surface area contributed by atoms with Gasteiger partial charge < -0.3 is 10.4 Å². The summed E-state index contributed by atoms with van der Waals surface area (Å²) in [5.41, 5.74) is 2.01. The lowest BCUT2D eigenvalue weighted by atomic mass is 9.82. The largest absolute Gasteiger partial charge is 0.481 e. The Balaban J connectivity index is 2.41. The number of hydrogen-bond donors (Lipinski definition) is 2. The summed E-state index contributed by atoms with van der Waals surface area (Å²) in [6.45, 7) is 7.58. The number of hydrogen-bond acceptors (Lipinski definition) is 3. The van der Waals surface area contributed by atoms with Crippen molar-refractivity contribution in [3.63, 3.8) is 0 Å². The number of carbonyl (C=O) groups is 1. The van der Waals surface area contributed by atoms with Crippen molar-refractivity contribution in [1.82, 2.24) is 15.1 Å². The van der Waals surface area contributed by atoms with E-state index in [9.17, 15) is 9.90 Å². The third-order valence-corrected chi connectivity index (χ3v) is 3.50. The van der Waals surface area contributed by atoms with Crippen LogP contribution in [0.25, 0.3) is 0 Å². The zero-order valence-electron chi connectivity index (χ0n) is 11.4. The average molecular weight is 251 g/mol. The number of aromatic nitrogens is 2. The monoisotopic (exact) mass is 251 g/mol. The first kappa shape index (κ1) is 13.1. The van der Waals surface area contributed by atoms with Gasteiger partial charge in [-0.1, -0.05) is 20.8 Å². The van der Waals surface area contributed by atoms with Gasteiger partial charge in [0.1, 0.15) is 0 Å². The summed E-state index contributed by atoms with van der Waals surface area (Å²) < 4.78 is 1.78. The molecule has 2 atom stereocenters. The molecule has 0 radical (unpaired) electrons. The van der Waals surface area contributed by atoms with E-state index in [-0.39, 0.29) is 17.3 Å². The summed E-state index contributed by atoms with van der Waals surface area (Å²) >= 11 is 0. The van der Waals surface area contributed by atoms with Gasteiger partial charge in [-0.3, -0.25) is 9.48 Å². The van der Waals surface area contributed by atoms with Crippen molar-refractivity contribution in [3.8, 4) is 0 Å². The first-order valence-electron chi connectivity index (χ1n) is 6.28. The molecule has 1 aromatic rings. The van der Waals surface area contributed by atoms with Gasteiger partial charge in [-0.15, -0.1) is 0 Å². The molecule has 2 unspecified atom stereocenters. The topological polar surface area (TPSA) is 67.2 Å². The third-order valence-electron chi connectivity index (χ3n) is 3.50. The van der Waals surface area contributed by atoms with Crippen molar-refractivity contribution in [2.75, 3.05) is 13.1 Å². The van der Waals surface area contributed by atoms with Gasteiger partial charge in [0, 0.05) is 37.7 Å². The molecule has 2 N–H and O–H groups in total. The maximum absolute atomic E-state index is 11.3. The molecule has 18 heavy (non-hydrogen) atoms. The van der Waals surface area contributed by atoms with Crippen molar-refractivity contribution < 1.29 is 9.90 Å². The van der Waals surface area contributed by atoms with Crippen LogP contribution < -0.4 is 5.32 Å². The van der Waals surface area contributed by atoms with Crippen LogP contribution in [0.3, 0.4) is 0 Å². The summed E-state index contributed by atoms with van der Waals surface area (Å²) in [7, 11) is 1.89. The molecule has 2 heterocycles. The minimum absolute atomic E-state index is 0.0189. The predicted octanol–water partition coefficient (Wildman–Crippen LogP) is 1.11. The Morgan fingerprint density at radius 3 is 2.72 bits per heavy atom. The van der Waals surface area contributed by atoms with Crippen LogP contribution in [0, 0.1) is 5.92 Å². The Morgan fingerprint density at radius 1 is 1.50 bits per heavy atom. The van der Waals surface area contributed by atoms with Crippen LogP contribution in [0.4, 0.5) is 0 Å². The van der Waals surface area contributed by atoms with Crippen molar-refractivity contribution in [2.24, 2.45) is 13.0 Å². The summed E-state index contributed by atoms with van der Waals surface area (Å²) in [6.07, 6.45) is 1.97. The summed E-state index contributed by atoms with van der Waals surface area (Å²) in [5, 5.41) is 17.0. The fraction of sp³-hybridized carbons (Fsp3) is 0.692. The Labute approximate surface area is 107 Å². The summed E-state index contributed by atoms with van der Waals surface area (Å²) in [5.74, 6) is -1.06. The second kappa shape index (κ2) is 4.39. The highest BCUT2D eigenvalue weighted by Gasteiger charge is 2.37. The van der Waals surface area contributed by atoms with Crippen LogP contribution in [0.1, 0.15) is 37.9 Å². The van der Waals surface area contributed by atoms with Crippen LogP contribution in [0.2, 0.25) is 0 Å². The number of nitrogens with zero attached hydrogens (tertiary/aromatic N) is 2. The highest BCUT2D eigenvalue weighted by Crippen LogP contribution is 2.35. The Kier molecular flexibility index (Phi) is 3.19. The Morgan fingerprint density at radius 2 is 2.17 bits per heavy atom. The molecule has 0 bridgehead atoms. The predicted molar refractivity (Wildman–Crippen MR) is 68.6 cm³/mol. The molecule has 0 aliphatic carbocycles. The first-order chi connectivity index (χ1) is 8.30. The van der Waals surface area contributed by atoms with Gasteiger partial charge in [-0.2, -0.15) is 5.10 Å². The molecular formula is C13H21N3O2. The second-order valence-corrected chi connectivity index (χ2v) is 6.07. The SMILES string of the molecule is Cn1cc(C2CNCC2C(=O)O)c(C(C)(C)C)n1. The normalized spacial score (nSPS) is 24.4. The van der Waals surface area contributed by atoms with Crippen LogP contribution in [-0.2, 0) is 17.3 Å². The molecule has 100 valence electrons. The van der Waals surface area contributed by atoms with Gasteiger partial charge in [0.25, 0.3) is 0 Å². The maximum atomic E-state index is 11.3. The lowest BCUT2D eigenvalue weighted by molar-refractivity contribution is -0.141. The molecule has 1 saturated heterocycles. The smallest absolute Gasteiger partial charge is 0.308 e. The van der Waals surface area contributed by atoms with E-state index >= 15 is 0 Å². The lowest BCUT2D eigenvalue weighted by Gasteiger charge is -2.21. The quantitative estimate of drug-likeness (QED) is 0.826. The Bertz CT molecular complexity index is 459. The van der Waals surface area contributed by atoms with Crippen LogP contribution in [0.15, 0.2) is 6.20 Å².